The minimum atomic E-state index is -0.421. The van der Waals surface area contributed by atoms with Crippen LogP contribution < -0.4 is 15.0 Å². The van der Waals surface area contributed by atoms with E-state index in [1.807, 2.05) is 29.6 Å². The minimum absolute atomic E-state index is 0.165. The lowest BCUT2D eigenvalue weighted by Gasteiger charge is -2.14. The predicted octanol–water partition coefficient (Wildman–Crippen LogP) is 1.27. The molecule has 3 rings (SSSR count). The minimum Gasteiger partial charge on any atom is -0.497 e. The molecule has 1 atom stereocenters. The number of methoxy groups -OCH3 is 1. The van der Waals surface area contributed by atoms with Crippen molar-refractivity contribution in [3.8, 4) is 5.75 Å². The van der Waals surface area contributed by atoms with E-state index in [0.29, 0.717) is 12.2 Å². The van der Waals surface area contributed by atoms with Crippen LogP contribution in [0.25, 0.3) is 0 Å². The van der Waals surface area contributed by atoms with Gasteiger partial charge in [-0.05, 0) is 42.0 Å². The molecule has 1 aliphatic heterocycles. The van der Waals surface area contributed by atoms with Crippen LogP contribution in [0.5, 0.6) is 5.75 Å². The SMILES string of the molecule is COc1ccc(CC[NH2+][C@H]2CC(=O)N(c3ccc(F)cc3)C2=O)cc1. The molecule has 0 aromatic heterocycles. The van der Waals surface area contributed by atoms with Gasteiger partial charge in [-0.15, -0.1) is 0 Å². The summed E-state index contributed by atoms with van der Waals surface area (Å²) >= 11 is 0. The quantitative estimate of drug-likeness (QED) is 0.804. The number of carbonyl (C=O) groups is 2. The highest BCUT2D eigenvalue weighted by Crippen LogP contribution is 2.21. The zero-order valence-electron chi connectivity index (χ0n) is 13.9. The molecule has 6 heteroatoms. The van der Waals surface area contributed by atoms with Crippen molar-refractivity contribution in [2.24, 2.45) is 0 Å². The number of hydrogen-bond acceptors (Lipinski definition) is 3. The van der Waals surface area contributed by atoms with Crippen molar-refractivity contribution >= 4 is 17.5 Å². The van der Waals surface area contributed by atoms with Gasteiger partial charge in [0.15, 0.2) is 6.04 Å². The molecule has 2 amide bonds. The number of halogens is 1. The van der Waals surface area contributed by atoms with E-state index < -0.39 is 11.9 Å². The highest BCUT2D eigenvalue weighted by atomic mass is 19.1. The first-order valence-electron chi connectivity index (χ1n) is 8.17. The molecule has 2 aromatic carbocycles. The average molecular weight is 343 g/mol. The lowest BCUT2D eigenvalue weighted by Crippen LogP contribution is -2.92. The molecule has 0 bridgehead atoms. The molecular weight excluding hydrogens is 323 g/mol. The smallest absolute Gasteiger partial charge is 0.292 e. The highest BCUT2D eigenvalue weighted by molar-refractivity contribution is 6.21. The van der Waals surface area contributed by atoms with Gasteiger partial charge in [-0.3, -0.25) is 9.59 Å². The van der Waals surface area contributed by atoms with Gasteiger partial charge in [0.25, 0.3) is 5.91 Å². The number of anilines is 1. The van der Waals surface area contributed by atoms with Gasteiger partial charge >= 0.3 is 0 Å². The summed E-state index contributed by atoms with van der Waals surface area (Å²) in [5.41, 5.74) is 1.56. The van der Waals surface area contributed by atoms with Crippen molar-refractivity contribution < 1.29 is 24.0 Å². The van der Waals surface area contributed by atoms with Crippen molar-refractivity contribution in [1.29, 1.82) is 0 Å². The normalized spacial score (nSPS) is 17.2. The van der Waals surface area contributed by atoms with Gasteiger partial charge in [0.1, 0.15) is 11.6 Å². The zero-order chi connectivity index (χ0) is 17.8. The van der Waals surface area contributed by atoms with Crippen LogP contribution in [-0.4, -0.2) is 31.5 Å². The van der Waals surface area contributed by atoms with E-state index in [2.05, 4.69) is 0 Å². The summed E-state index contributed by atoms with van der Waals surface area (Å²) in [7, 11) is 1.62. The lowest BCUT2D eigenvalue weighted by atomic mass is 10.1. The van der Waals surface area contributed by atoms with Gasteiger partial charge in [-0.2, -0.15) is 0 Å². The van der Waals surface area contributed by atoms with E-state index in [-0.39, 0.29) is 18.2 Å². The molecule has 2 N–H and O–H groups in total. The van der Waals surface area contributed by atoms with Gasteiger partial charge in [-0.1, -0.05) is 12.1 Å². The van der Waals surface area contributed by atoms with Crippen LogP contribution in [-0.2, 0) is 16.0 Å². The van der Waals surface area contributed by atoms with Crippen LogP contribution in [0.2, 0.25) is 0 Å². The number of carbonyl (C=O) groups excluding carboxylic acids is 2. The first-order valence-corrected chi connectivity index (χ1v) is 8.17. The third-order valence-electron chi connectivity index (χ3n) is 4.31. The number of benzene rings is 2. The Hall–Kier alpha value is -2.73. The lowest BCUT2D eigenvalue weighted by molar-refractivity contribution is -0.674. The number of nitrogens with two attached hydrogens (primary N) is 1. The fourth-order valence-electron chi connectivity index (χ4n) is 2.94. The number of amides is 2. The van der Waals surface area contributed by atoms with E-state index >= 15 is 0 Å². The van der Waals surface area contributed by atoms with E-state index in [4.69, 9.17) is 4.74 Å². The van der Waals surface area contributed by atoms with Crippen molar-refractivity contribution in [3.63, 3.8) is 0 Å². The molecular formula is C19H20FN2O3+. The second kappa shape index (κ2) is 7.44. The van der Waals surface area contributed by atoms with Crippen LogP contribution >= 0.6 is 0 Å². The first kappa shape index (κ1) is 17.1. The molecule has 1 fully saturated rings. The summed E-state index contributed by atoms with van der Waals surface area (Å²) in [6.45, 7) is 0.702. The third kappa shape index (κ3) is 3.85. The Bertz CT molecular complexity index is 759. The molecule has 0 radical (unpaired) electrons. The average Bonchev–Trinajstić information content (AvgIpc) is 2.90. The van der Waals surface area contributed by atoms with Gasteiger partial charge < -0.3 is 10.1 Å². The summed E-state index contributed by atoms with van der Waals surface area (Å²) < 4.78 is 18.1. The van der Waals surface area contributed by atoms with E-state index in [1.165, 1.54) is 24.3 Å². The number of ether oxygens (including phenoxy) is 1. The summed E-state index contributed by atoms with van der Waals surface area (Å²) in [5, 5.41) is 1.90. The number of hydrogen-bond donors (Lipinski definition) is 1. The van der Waals surface area contributed by atoms with Crippen LogP contribution in [0.3, 0.4) is 0 Å². The fourth-order valence-corrected chi connectivity index (χ4v) is 2.94. The number of nitrogens with zero attached hydrogens (tertiary/aromatic N) is 1. The molecule has 25 heavy (non-hydrogen) atoms. The Balaban J connectivity index is 1.57. The summed E-state index contributed by atoms with van der Waals surface area (Å²) in [6.07, 6.45) is 0.956. The largest absolute Gasteiger partial charge is 0.497 e. The number of imide groups is 1. The summed E-state index contributed by atoms with van der Waals surface area (Å²) in [5.74, 6) is -0.0849. The molecule has 1 saturated heterocycles. The van der Waals surface area contributed by atoms with Crippen molar-refractivity contribution in [3.05, 3.63) is 59.9 Å². The maximum atomic E-state index is 13.0. The Kier molecular flexibility index (Phi) is 5.09. The second-order valence-electron chi connectivity index (χ2n) is 5.98. The van der Waals surface area contributed by atoms with E-state index in [1.54, 1.807) is 7.11 Å². The second-order valence-corrected chi connectivity index (χ2v) is 5.98. The molecule has 0 spiro atoms. The Labute approximate surface area is 145 Å². The maximum Gasteiger partial charge on any atom is 0.292 e. The molecule has 5 nitrogen and oxygen atoms in total. The molecule has 1 heterocycles. The van der Waals surface area contributed by atoms with Gasteiger partial charge in [0, 0.05) is 6.42 Å². The Morgan fingerprint density at radius 1 is 1.12 bits per heavy atom. The van der Waals surface area contributed by atoms with Gasteiger partial charge in [0.05, 0.1) is 25.8 Å². The summed E-state index contributed by atoms with van der Waals surface area (Å²) in [6, 6.07) is 12.7. The standard InChI is InChI=1S/C19H19FN2O3/c1-25-16-8-2-13(3-9-16)10-11-21-17-12-18(23)22(19(17)24)15-6-4-14(20)5-7-15/h2-9,17,21H,10-12H2,1H3/p+1/t17-/m0/s1. The highest BCUT2D eigenvalue weighted by Gasteiger charge is 2.41. The van der Waals surface area contributed by atoms with E-state index in [0.717, 1.165) is 22.6 Å². The van der Waals surface area contributed by atoms with E-state index in [9.17, 15) is 14.0 Å². The van der Waals surface area contributed by atoms with Crippen molar-refractivity contribution in [1.82, 2.24) is 0 Å². The maximum absolute atomic E-state index is 13.0. The molecule has 130 valence electrons. The number of rotatable bonds is 6. The van der Waals surface area contributed by atoms with Crippen LogP contribution in [0, 0.1) is 5.82 Å². The van der Waals surface area contributed by atoms with Crippen molar-refractivity contribution in [2.75, 3.05) is 18.6 Å². The monoisotopic (exact) mass is 343 g/mol. The third-order valence-corrected chi connectivity index (χ3v) is 4.31. The molecule has 0 aliphatic carbocycles. The van der Waals surface area contributed by atoms with Crippen molar-refractivity contribution in [2.45, 2.75) is 18.9 Å². The van der Waals surface area contributed by atoms with Crippen LogP contribution in [0.1, 0.15) is 12.0 Å². The fraction of sp³-hybridized carbons (Fsp3) is 0.263. The Morgan fingerprint density at radius 2 is 1.80 bits per heavy atom. The first-order chi connectivity index (χ1) is 12.1. The number of quaternary nitrogens is 1. The van der Waals surface area contributed by atoms with Crippen LogP contribution in [0.15, 0.2) is 48.5 Å². The predicted molar refractivity (Wildman–Crippen MR) is 90.8 cm³/mol. The molecule has 0 saturated carbocycles. The Morgan fingerprint density at radius 3 is 2.44 bits per heavy atom. The van der Waals surface area contributed by atoms with Gasteiger partial charge in [-0.25, -0.2) is 9.29 Å². The zero-order valence-corrected chi connectivity index (χ0v) is 13.9. The molecule has 0 unspecified atom stereocenters. The van der Waals surface area contributed by atoms with Crippen LogP contribution in [0.4, 0.5) is 10.1 Å². The molecule has 2 aromatic rings. The summed E-state index contributed by atoms with van der Waals surface area (Å²) in [4.78, 5) is 25.8. The molecule has 1 aliphatic rings. The topological polar surface area (TPSA) is 63.2 Å². The van der Waals surface area contributed by atoms with Gasteiger partial charge in [0.2, 0.25) is 5.91 Å².